The summed E-state index contributed by atoms with van der Waals surface area (Å²) in [6.07, 6.45) is 1.19. The lowest BCUT2D eigenvalue weighted by atomic mass is 10.1. The van der Waals surface area contributed by atoms with E-state index in [1.165, 1.54) is 6.39 Å². The van der Waals surface area contributed by atoms with Crippen LogP contribution in [0.1, 0.15) is 32.3 Å². The van der Waals surface area contributed by atoms with Crippen LogP contribution in [0.5, 0.6) is 0 Å². The SMILES string of the molecule is Cc1ocnc1C(=O)NCc1c(C(=O)O)[nH]c2ccccc12. The Morgan fingerprint density at radius 2 is 2.14 bits per heavy atom. The Morgan fingerprint density at radius 3 is 2.82 bits per heavy atom. The average Bonchev–Trinajstić information content (AvgIpc) is 3.08. The van der Waals surface area contributed by atoms with Gasteiger partial charge in [-0.3, -0.25) is 4.79 Å². The number of hydrogen-bond acceptors (Lipinski definition) is 4. The molecule has 1 aromatic carbocycles. The predicted molar refractivity (Wildman–Crippen MR) is 77.7 cm³/mol. The topological polar surface area (TPSA) is 108 Å². The van der Waals surface area contributed by atoms with E-state index in [9.17, 15) is 14.7 Å². The molecule has 0 unspecified atom stereocenters. The zero-order valence-corrected chi connectivity index (χ0v) is 11.7. The minimum atomic E-state index is -1.07. The second-order valence-corrected chi connectivity index (χ2v) is 4.77. The number of fused-ring (bicyclic) bond motifs is 1. The summed E-state index contributed by atoms with van der Waals surface area (Å²) in [5.74, 6) is -1.07. The maximum Gasteiger partial charge on any atom is 0.352 e. The molecule has 3 N–H and O–H groups in total. The number of nitrogens with one attached hydrogen (secondary N) is 2. The van der Waals surface area contributed by atoms with E-state index in [0.717, 1.165) is 5.39 Å². The largest absolute Gasteiger partial charge is 0.477 e. The molecule has 7 nitrogen and oxygen atoms in total. The summed E-state index contributed by atoms with van der Waals surface area (Å²) in [5, 5.41) is 12.7. The lowest BCUT2D eigenvalue weighted by Crippen LogP contribution is -2.24. The number of aromatic nitrogens is 2. The van der Waals surface area contributed by atoms with Crippen molar-refractivity contribution in [3.63, 3.8) is 0 Å². The van der Waals surface area contributed by atoms with Gasteiger partial charge in [-0.2, -0.15) is 0 Å². The molecular formula is C15H13N3O4. The highest BCUT2D eigenvalue weighted by atomic mass is 16.4. The molecule has 112 valence electrons. The van der Waals surface area contributed by atoms with Gasteiger partial charge in [-0.05, 0) is 13.0 Å². The number of rotatable bonds is 4. The van der Waals surface area contributed by atoms with Crippen LogP contribution in [0.2, 0.25) is 0 Å². The molecule has 3 aromatic rings. The van der Waals surface area contributed by atoms with Gasteiger partial charge in [0.25, 0.3) is 5.91 Å². The standard InChI is InChI=1S/C15H13N3O4/c1-8-12(17-7-22-8)14(19)16-6-10-9-4-2-3-5-11(9)18-13(10)15(20)21/h2-5,7,18H,6H2,1H3,(H,16,19)(H,20,21). The second kappa shape index (κ2) is 5.36. The number of carboxylic acid groups (broad SMARTS) is 1. The van der Waals surface area contributed by atoms with Gasteiger partial charge in [0.1, 0.15) is 11.5 Å². The van der Waals surface area contributed by atoms with Crippen LogP contribution in [-0.2, 0) is 6.54 Å². The van der Waals surface area contributed by atoms with Crippen LogP contribution in [0.3, 0.4) is 0 Å². The quantitative estimate of drug-likeness (QED) is 0.683. The van der Waals surface area contributed by atoms with Crippen molar-refractivity contribution in [1.82, 2.24) is 15.3 Å². The zero-order chi connectivity index (χ0) is 15.7. The third-order valence-corrected chi connectivity index (χ3v) is 3.41. The summed E-state index contributed by atoms with van der Waals surface area (Å²) in [6.45, 7) is 1.72. The van der Waals surface area contributed by atoms with Gasteiger partial charge in [0.2, 0.25) is 0 Å². The number of amides is 1. The molecule has 7 heteroatoms. The monoisotopic (exact) mass is 299 g/mol. The van der Waals surface area contributed by atoms with Crippen LogP contribution in [0.25, 0.3) is 10.9 Å². The fourth-order valence-electron chi connectivity index (χ4n) is 2.34. The van der Waals surface area contributed by atoms with Crippen molar-refractivity contribution < 1.29 is 19.1 Å². The number of aryl methyl sites for hydroxylation is 1. The van der Waals surface area contributed by atoms with Gasteiger partial charge in [0.15, 0.2) is 12.1 Å². The maximum atomic E-state index is 12.0. The number of carboxylic acids is 1. The number of H-pyrrole nitrogens is 1. The van der Waals surface area contributed by atoms with Gasteiger partial charge in [0, 0.05) is 23.0 Å². The highest BCUT2D eigenvalue weighted by molar-refractivity contribution is 5.98. The van der Waals surface area contributed by atoms with Gasteiger partial charge in [-0.1, -0.05) is 18.2 Å². The van der Waals surface area contributed by atoms with E-state index in [1.54, 1.807) is 19.1 Å². The molecular weight excluding hydrogens is 286 g/mol. The summed E-state index contributed by atoms with van der Waals surface area (Å²) in [4.78, 5) is 30.1. The number of carbonyl (C=O) groups is 2. The molecule has 0 saturated carbocycles. The van der Waals surface area contributed by atoms with E-state index in [0.29, 0.717) is 16.8 Å². The Bertz CT molecular complexity index is 863. The van der Waals surface area contributed by atoms with Crippen molar-refractivity contribution in [3.8, 4) is 0 Å². The smallest absolute Gasteiger partial charge is 0.352 e. The molecule has 0 spiro atoms. The number of benzene rings is 1. The predicted octanol–water partition coefficient (Wildman–Crippen LogP) is 2.09. The highest BCUT2D eigenvalue weighted by Crippen LogP contribution is 2.22. The van der Waals surface area contributed by atoms with Crippen molar-refractivity contribution in [1.29, 1.82) is 0 Å². The van der Waals surface area contributed by atoms with Crippen molar-refractivity contribution in [2.24, 2.45) is 0 Å². The fraction of sp³-hybridized carbons (Fsp3) is 0.133. The van der Waals surface area contributed by atoms with Crippen molar-refractivity contribution in [2.45, 2.75) is 13.5 Å². The summed E-state index contributed by atoms with van der Waals surface area (Å²) in [5.41, 5.74) is 1.49. The fourth-order valence-corrected chi connectivity index (χ4v) is 2.34. The Morgan fingerprint density at radius 1 is 1.36 bits per heavy atom. The molecule has 0 radical (unpaired) electrons. The number of oxazole rings is 1. The molecule has 1 amide bonds. The Kier molecular flexibility index (Phi) is 3.38. The molecule has 2 heterocycles. The molecule has 0 fully saturated rings. The number of para-hydroxylation sites is 1. The van der Waals surface area contributed by atoms with Crippen LogP contribution in [-0.4, -0.2) is 27.0 Å². The number of nitrogens with zero attached hydrogens (tertiary/aromatic N) is 1. The molecule has 0 aliphatic carbocycles. The molecule has 0 aliphatic heterocycles. The number of carbonyl (C=O) groups excluding carboxylic acids is 1. The van der Waals surface area contributed by atoms with Crippen molar-refractivity contribution in [3.05, 3.63) is 53.4 Å². The first-order valence-corrected chi connectivity index (χ1v) is 6.59. The van der Waals surface area contributed by atoms with Gasteiger partial charge >= 0.3 is 5.97 Å². The summed E-state index contributed by atoms with van der Waals surface area (Å²) >= 11 is 0. The van der Waals surface area contributed by atoms with Crippen LogP contribution in [0, 0.1) is 6.92 Å². The van der Waals surface area contributed by atoms with E-state index in [-0.39, 0.29) is 17.9 Å². The summed E-state index contributed by atoms with van der Waals surface area (Å²) in [6, 6.07) is 7.22. The van der Waals surface area contributed by atoms with Crippen LogP contribution >= 0.6 is 0 Å². The van der Waals surface area contributed by atoms with Crippen LogP contribution in [0.4, 0.5) is 0 Å². The van der Waals surface area contributed by atoms with Crippen molar-refractivity contribution >= 4 is 22.8 Å². The van der Waals surface area contributed by atoms with E-state index in [1.807, 2.05) is 12.1 Å². The van der Waals surface area contributed by atoms with Gasteiger partial charge < -0.3 is 19.8 Å². The summed E-state index contributed by atoms with van der Waals surface area (Å²) in [7, 11) is 0. The molecule has 0 saturated heterocycles. The number of aromatic carboxylic acids is 1. The first kappa shape index (κ1) is 13.9. The first-order valence-electron chi connectivity index (χ1n) is 6.59. The third-order valence-electron chi connectivity index (χ3n) is 3.41. The molecule has 2 aromatic heterocycles. The Balaban J connectivity index is 1.90. The van der Waals surface area contributed by atoms with E-state index in [2.05, 4.69) is 15.3 Å². The lowest BCUT2D eigenvalue weighted by Gasteiger charge is -2.04. The molecule has 22 heavy (non-hydrogen) atoms. The second-order valence-electron chi connectivity index (χ2n) is 4.77. The van der Waals surface area contributed by atoms with Crippen LogP contribution < -0.4 is 5.32 Å². The Hall–Kier alpha value is -3.09. The highest BCUT2D eigenvalue weighted by Gasteiger charge is 2.19. The first-order chi connectivity index (χ1) is 10.6. The van der Waals surface area contributed by atoms with Crippen LogP contribution in [0.15, 0.2) is 35.1 Å². The van der Waals surface area contributed by atoms with E-state index >= 15 is 0 Å². The summed E-state index contributed by atoms with van der Waals surface area (Å²) < 4.78 is 4.98. The zero-order valence-electron chi connectivity index (χ0n) is 11.7. The minimum absolute atomic E-state index is 0.0679. The van der Waals surface area contributed by atoms with Gasteiger partial charge in [0.05, 0.1) is 0 Å². The Labute approximate surface area is 125 Å². The van der Waals surface area contributed by atoms with Gasteiger partial charge in [-0.15, -0.1) is 0 Å². The number of aromatic amines is 1. The van der Waals surface area contributed by atoms with E-state index < -0.39 is 11.9 Å². The average molecular weight is 299 g/mol. The number of hydrogen-bond donors (Lipinski definition) is 3. The molecule has 3 rings (SSSR count). The normalized spacial score (nSPS) is 10.8. The minimum Gasteiger partial charge on any atom is -0.477 e. The third kappa shape index (κ3) is 2.32. The molecule has 0 atom stereocenters. The van der Waals surface area contributed by atoms with E-state index in [4.69, 9.17) is 4.42 Å². The van der Waals surface area contributed by atoms with Gasteiger partial charge in [-0.25, -0.2) is 9.78 Å². The molecule has 0 bridgehead atoms. The lowest BCUT2D eigenvalue weighted by molar-refractivity contribution is 0.0689. The van der Waals surface area contributed by atoms with Crippen molar-refractivity contribution in [2.75, 3.05) is 0 Å². The molecule has 0 aliphatic rings. The maximum absolute atomic E-state index is 12.0.